The van der Waals surface area contributed by atoms with Crippen molar-refractivity contribution in [3.8, 4) is 0 Å². The summed E-state index contributed by atoms with van der Waals surface area (Å²) < 4.78 is 0. The summed E-state index contributed by atoms with van der Waals surface area (Å²) in [5, 5.41) is 3.33. The summed E-state index contributed by atoms with van der Waals surface area (Å²) in [7, 11) is 0. The van der Waals surface area contributed by atoms with Gasteiger partial charge in [0.05, 0.1) is 12.2 Å². The minimum Gasteiger partial charge on any atom is -0.326 e. The van der Waals surface area contributed by atoms with E-state index in [0.29, 0.717) is 5.91 Å². The zero-order valence-electron chi connectivity index (χ0n) is 11.1. The van der Waals surface area contributed by atoms with E-state index in [0.717, 1.165) is 25.3 Å². The van der Waals surface area contributed by atoms with Crippen LogP contribution in [0, 0.1) is 5.92 Å². The third kappa shape index (κ3) is 3.48. The normalized spacial score (nSPS) is 25.8. The standard InChI is InChI=1S/C13H26N2O/c1-5-12-13(16)15(11(4)14-12)9-7-6-8-10(2)3/h10-12,14H,5-9H2,1-4H3. The van der Waals surface area contributed by atoms with Gasteiger partial charge in [0.2, 0.25) is 5.91 Å². The number of nitrogens with one attached hydrogen (secondary N) is 1. The van der Waals surface area contributed by atoms with Gasteiger partial charge >= 0.3 is 0 Å². The monoisotopic (exact) mass is 226 g/mol. The molecule has 0 spiro atoms. The van der Waals surface area contributed by atoms with Gasteiger partial charge in [0, 0.05) is 6.54 Å². The van der Waals surface area contributed by atoms with Crippen molar-refractivity contribution in [2.75, 3.05) is 6.54 Å². The van der Waals surface area contributed by atoms with Crippen molar-refractivity contribution in [1.29, 1.82) is 0 Å². The molecule has 3 nitrogen and oxygen atoms in total. The summed E-state index contributed by atoms with van der Waals surface area (Å²) in [5.41, 5.74) is 0. The third-order valence-corrected chi connectivity index (χ3v) is 3.33. The zero-order valence-corrected chi connectivity index (χ0v) is 11.1. The van der Waals surface area contributed by atoms with E-state index >= 15 is 0 Å². The first-order valence-electron chi connectivity index (χ1n) is 6.62. The second kappa shape index (κ2) is 6.24. The van der Waals surface area contributed by atoms with Gasteiger partial charge in [-0.2, -0.15) is 0 Å². The number of amides is 1. The topological polar surface area (TPSA) is 32.3 Å². The summed E-state index contributed by atoms with van der Waals surface area (Å²) >= 11 is 0. The van der Waals surface area contributed by atoms with Gasteiger partial charge < -0.3 is 4.90 Å². The maximum atomic E-state index is 11.9. The highest BCUT2D eigenvalue weighted by Gasteiger charge is 2.34. The van der Waals surface area contributed by atoms with Crippen molar-refractivity contribution in [2.24, 2.45) is 5.92 Å². The van der Waals surface area contributed by atoms with E-state index in [9.17, 15) is 4.79 Å². The minimum absolute atomic E-state index is 0.0556. The number of rotatable bonds is 6. The quantitative estimate of drug-likeness (QED) is 0.705. The molecular formula is C13H26N2O. The summed E-state index contributed by atoms with van der Waals surface area (Å²) in [6.07, 6.45) is 4.74. The minimum atomic E-state index is 0.0556. The van der Waals surface area contributed by atoms with E-state index in [4.69, 9.17) is 0 Å². The van der Waals surface area contributed by atoms with Gasteiger partial charge in [-0.3, -0.25) is 10.1 Å². The average molecular weight is 226 g/mol. The molecule has 94 valence electrons. The van der Waals surface area contributed by atoms with Gasteiger partial charge in [-0.25, -0.2) is 0 Å². The number of carbonyl (C=O) groups excluding carboxylic acids is 1. The lowest BCUT2D eigenvalue weighted by atomic mass is 10.1. The molecule has 1 N–H and O–H groups in total. The first-order chi connectivity index (χ1) is 7.56. The van der Waals surface area contributed by atoms with Crippen molar-refractivity contribution >= 4 is 5.91 Å². The van der Waals surface area contributed by atoms with Crippen LogP contribution in [0.1, 0.15) is 53.4 Å². The number of hydrogen-bond donors (Lipinski definition) is 1. The summed E-state index contributed by atoms with van der Waals surface area (Å²) in [6, 6.07) is 0.0556. The molecule has 3 heteroatoms. The van der Waals surface area contributed by atoms with Crippen molar-refractivity contribution in [2.45, 2.75) is 65.6 Å². The molecule has 1 amide bonds. The molecule has 1 aliphatic heterocycles. The van der Waals surface area contributed by atoms with Crippen LogP contribution in [0.25, 0.3) is 0 Å². The Bertz CT molecular complexity index is 228. The number of carbonyl (C=O) groups is 1. The molecule has 0 aromatic rings. The molecule has 1 rings (SSSR count). The Hall–Kier alpha value is -0.570. The Morgan fingerprint density at radius 1 is 1.38 bits per heavy atom. The Labute approximate surface area is 99.6 Å². The van der Waals surface area contributed by atoms with Crippen molar-refractivity contribution < 1.29 is 4.79 Å². The van der Waals surface area contributed by atoms with Crippen LogP contribution in [0.4, 0.5) is 0 Å². The van der Waals surface area contributed by atoms with Gasteiger partial charge in [-0.1, -0.05) is 33.6 Å². The van der Waals surface area contributed by atoms with E-state index in [-0.39, 0.29) is 12.2 Å². The van der Waals surface area contributed by atoms with Crippen LogP contribution < -0.4 is 5.32 Å². The molecule has 1 saturated heterocycles. The highest BCUT2D eigenvalue weighted by molar-refractivity contribution is 5.84. The third-order valence-electron chi connectivity index (χ3n) is 3.33. The van der Waals surface area contributed by atoms with Crippen LogP contribution in [0.5, 0.6) is 0 Å². The van der Waals surface area contributed by atoms with Crippen LogP contribution in [0.2, 0.25) is 0 Å². The SMILES string of the molecule is CCC1NC(C)N(CCCCC(C)C)C1=O. The molecule has 16 heavy (non-hydrogen) atoms. The molecule has 1 heterocycles. The second-order valence-electron chi connectivity index (χ2n) is 5.22. The van der Waals surface area contributed by atoms with E-state index < -0.39 is 0 Å². The lowest BCUT2D eigenvalue weighted by molar-refractivity contribution is -0.129. The number of unbranched alkanes of at least 4 members (excludes halogenated alkanes) is 1. The van der Waals surface area contributed by atoms with E-state index in [1.807, 2.05) is 4.90 Å². The Kier molecular flexibility index (Phi) is 5.26. The Morgan fingerprint density at radius 3 is 2.56 bits per heavy atom. The molecule has 0 bridgehead atoms. The van der Waals surface area contributed by atoms with Crippen molar-refractivity contribution in [3.63, 3.8) is 0 Å². The summed E-state index contributed by atoms with van der Waals surface area (Å²) in [6.45, 7) is 9.55. The fraction of sp³-hybridized carbons (Fsp3) is 0.923. The number of hydrogen-bond acceptors (Lipinski definition) is 2. The highest BCUT2D eigenvalue weighted by atomic mass is 16.2. The van der Waals surface area contributed by atoms with Gasteiger partial charge in [0.15, 0.2) is 0 Å². The largest absolute Gasteiger partial charge is 0.326 e. The van der Waals surface area contributed by atoms with Crippen LogP contribution in [0.3, 0.4) is 0 Å². The molecule has 0 aromatic carbocycles. The fourth-order valence-electron chi connectivity index (χ4n) is 2.27. The molecule has 2 atom stereocenters. The van der Waals surface area contributed by atoms with Crippen molar-refractivity contribution in [1.82, 2.24) is 10.2 Å². The van der Waals surface area contributed by atoms with Gasteiger partial charge in [0.1, 0.15) is 0 Å². The maximum Gasteiger partial charge on any atom is 0.240 e. The second-order valence-corrected chi connectivity index (χ2v) is 5.22. The van der Waals surface area contributed by atoms with Crippen LogP contribution in [-0.2, 0) is 4.79 Å². The average Bonchev–Trinajstić information content (AvgIpc) is 2.50. The number of nitrogens with zero attached hydrogens (tertiary/aromatic N) is 1. The Balaban J connectivity index is 2.28. The lowest BCUT2D eigenvalue weighted by Gasteiger charge is -2.20. The van der Waals surface area contributed by atoms with Crippen LogP contribution in [0.15, 0.2) is 0 Å². The predicted octanol–water partition coefficient (Wildman–Crippen LogP) is 2.37. The molecule has 0 radical (unpaired) electrons. The summed E-state index contributed by atoms with van der Waals surface area (Å²) in [5.74, 6) is 1.06. The van der Waals surface area contributed by atoms with Crippen LogP contribution in [-0.4, -0.2) is 29.6 Å². The summed E-state index contributed by atoms with van der Waals surface area (Å²) in [4.78, 5) is 13.9. The van der Waals surface area contributed by atoms with Gasteiger partial charge in [-0.05, 0) is 25.7 Å². The van der Waals surface area contributed by atoms with E-state index in [1.54, 1.807) is 0 Å². The molecule has 0 saturated carbocycles. The molecule has 1 aliphatic rings. The first-order valence-corrected chi connectivity index (χ1v) is 6.62. The molecule has 0 aliphatic carbocycles. The Morgan fingerprint density at radius 2 is 2.06 bits per heavy atom. The maximum absolute atomic E-state index is 11.9. The predicted molar refractivity (Wildman–Crippen MR) is 67.1 cm³/mol. The van der Waals surface area contributed by atoms with Crippen LogP contribution >= 0.6 is 0 Å². The van der Waals surface area contributed by atoms with Crippen molar-refractivity contribution in [3.05, 3.63) is 0 Å². The van der Waals surface area contributed by atoms with Gasteiger partial charge in [0.25, 0.3) is 0 Å². The van der Waals surface area contributed by atoms with Gasteiger partial charge in [-0.15, -0.1) is 0 Å². The fourth-order valence-corrected chi connectivity index (χ4v) is 2.27. The van der Waals surface area contributed by atoms with E-state index in [2.05, 4.69) is 33.0 Å². The zero-order chi connectivity index (χ0) is 12.1. The highest BCUT2D eigenvalue weighted by Crippen LogP contribution is 2.15. The van der Waals surface area contributed by atoms with E-state index in [1.165, 1.54) is 12.8 Å². The molecule has 2 unspecified atom stereocenters. The molecular weight excluding hydrogens is 200 g/mol. The molecule has 1 fully saturated rings. The molecule has 0 aromatic heterocycles. The lowest BCUT2D eigenvalue weighted by Crippen LogP contribution is -2.35. The smallest absolute Gasteiger partial charge is 0.240 e. The first kappa shape index (κ1) is 13.5.